The second-order valence-corrected chi connectivity index (χ2v) is 5.37. The zero-order valence-corrected chi connectivity index (χ0v) is 12.7. The highest BCUT2D eigenvalue weighted by molar-refractivity contribution is 7.78. The molecule has 2 rings (SSSR count). The van der Waals surface area contributed by atoms with Crippen LogP contribution in [0.3, 0.4) is 0 Å². The zero-order chi connectivity index (χ0) is 14.5. The Hall–Kier alpha value is -1.56. The molecule has 0 radical (unpaired) electrons. The molecule has 0 aliphatic carbocycles. The first-order valence-electron chi connectivity index (χ1n) is 6.72. The van der Waals surface area contributed by atoms with E-state index in [1.807, 2.05) is 18.2 Å². The lowest BCUT2D eigenvalue weighted by molar-refractivity contribution is 0.173. The van der Waals surface area contributed by atoms with Crippen LogP contribution >= 0.6 is 12.8 Å². The van der Waals surface area contributed by atoms with E-state index in [0.29, 0.717) is 13.1 Å². The van der Waals surface area contributed by atoms with Crippen molar-refractivity contribution in [2.45, 2.75) is 26.3 Å². The smallest absolute Gasteiger partial charge is 0.329 e. The van der Waals surface area contributed by atoms with Crippen molar-refractivity contribution < 1.29 is 14.3 Å². The summed E-state index contributed by atoms with van der Waals surface area (Å²) in [6.07, 6.45) is 2.01. The third kappa shape index (κ3) is 3.50. The molecule has 0 atom stereocenters. The largest absolute Gasteiger partial charge is 0.454 e. The first-order valence-corrected chi connectivity index (χ1v) is 7.12. The number of fused-ring (bicyclic) bond motifs is 1. The van der Waals surface area contributed by atoms with Gasteiger partial charge in [-0.05, 0) is 24.1 Å². The van der Waals surface area contributed by atoms with E-state index in [-0.39, 0.29) is 12.8 Å². The molecule has 0 saturated carbocycles. The van der Waals surface area contributed by atoms with Gasteiger partial charge >= 0.3 is 6.03 Å². The Morgan fingerprint density at radius 2 is 2.10 bits per heavy atom. The SMILES string of the molecule is CCCCN(Cc1ccc2c(c1)OCO2)C(=O)N(C)S. The molecule has 5 nitrogen and oxygen atoms in total. The number of carbonyl (C=O) groups excluding carboxylic acids is 1. The summed E-state index contributed by atoms with van der Waals surface area (Å²) in [5.74, 6) is 1.50. The maximum Gasteiger partial charge on any atom is 0.329 e. The number of urea groups is 1. The molecule has 2 amide bonds. The van der Waals surface area contributed by atoms with Gasteiger partial charge in [0.05, 0.1) is 0 Å². The number of hydrogen-bond acceptors (Lipinski definition) is 4. The molecule has 1 aliphatic heterocycles. The van der Waals surface area contributed by atoms with Crippen LogP contribution in [-0.4, -0.2) is 35.6 Å². The molecule has 0 saturated heterocycles. The summed E-state index contributed by atoms with van der Waals surface area (Å²) in [7, 11) is 1.64. The lowest BCUT2D eigenvalue weighted by Gasteiger charge is -2.25. The van der Waals surface area contributed by atoms with Crippen molar-refractivity contribution in [3.63, 3.8) is 0 Å². The topological polar surface area (TPSA) is 42.0 Å². The van der Waals surface area contributed by atoms with Gasteiger partial charge in [0.2, 0.25) is 6.79 Å². The summed E-state index contributed by atoms with van der Waals surface area (Å²) in [4.78, 5) is 13.9. The van der Waals surface area contributed by atoms with Gasteiger partial charge in [-0.15, -0.1) is 0 Å². The van der Waals surface area contributed by atoms with Crippen molar-refractivity contribution >= 4 is 18.8 Å². The number of unbranched alkanes of at least 4 members (excludes halogenated alkanes) is 1. The van der Waals surface area contributed by atoms with E-state index in [1.165, 1.54) is 4.31 Å². The number of rotatable bonds is 5. The van der Waals surface area contributed by atoms with Crippen LogP contribution < -0.4 is 9.47 Å². The maximum absolute atomic E-state index is 12.1. The molecule has 1 aromatic rings. The number of thiol groups is 1. The third-order valence-electron chi connectivity index (χ3n) is 3.14. The Kier molecular flexibility index (Phi) is 5.00. The molecule has 0 aromatic heterocycles. The van der Waals surface area contributed by atoms with E-state index in [2.05, 4.69) is 19.7 Å². The Balaban J connectivity index is 2.08. The molecule has 0 bridgehead atoms. The summed E-state index contributed by atoms with van der Waals surface area (Å²) >= 11 is 4.08. The average Bonchev–Trinajstić information content (AvgIpc) is 2.89. The molecule has 0 spiro atoms. The van der Waals surface area contributed by atoms with E-state index in [1.54, 1.807) is 11.9 Å². The van der Waals surface area contributed by atoms with Crippen LogP contribution in [0.15, 0.2) is 18.2 Å². The molecule has 0 fully saturated rings. The summed E-state index contributed by atoms with van der Waals surface area (Å²) in [6, 6.07) is 5.66. The van der Waals surface area contributed by atoms with Crippen LogP contribution in [0.2, 0.25) is 0 Å². The fraction of sp³-hybridized carbons (Fsp3) is 0.500. The fourth-order valence-electron chi connectivity index (χ4n) is 2.06. The quantitative estimate of drug-likeness (QED) is 0.850. The Morgan fingerprint density at radius 3 is 2.80 bits per heavy atom. The van der Waals surface area contributed by atoms with Gasteiger partial charge in [0, 0.05) is 20.1 Å². The Bertz CT molecular complexity index is 479. The van der Waals surface area contributed by atoms with Crippen molar-refractivity contribution in [3.05, 3.63) is 23.8 Å². The van der Waals surface area contributed by atoms with Crippen LogP contribution in [0.1, 0.15) is 25.3 Å². The van der Waals surface area contributed by atoms with Gasteiger partial charge in [0.25, 0.3) is 0 Å². The van der Waals surface area contributed by atoms with E-state index >= 15 is 0 Å². The van der Waals surface area contributed by atoms with E-state index < -0.39 is 0 Å². The van der Waals surface area contributed by atoms with Crippen LogP contribution in [0.5, 0.6) is 11.5 Å². The summed E-state index contributed by atoms with van der Waals surface area (Å²) in [5, 5.41) is 0. The summed E-state index contributed by atoms with van der Waals surface area (Å²) in [5.41, 5.74) is 1.02. The Morgan fingerprint density at radius 1 is 1.35 bits per heavy atom. The van der Waals surface area contributed by atoms with E-state index in [4.69, 9.17) is 9.47 Å². The first-order chi connectivity index (χ1) is 9.61. The molecule has 110 valence electrons. The fourth-order valence-corrected chi connectivity index (χ4v) is 2.18. The standard InChI is InChI=1S/C14H20N2O3S/c1-3-4-7-16(14(17)15(2)20)9-11-5-6-12-13(8-11)19-10-18-12/h5-6,8,20H,3-4,7,9-10H2,1-2H3. The Labute approximate surface area is 125 Å². The molecule has 1 aliphatic rings. The van der Waals surface area contributed by atoms with Gasteiger partial charge in [-0.2, -0.15) is 0 Å². The number of amides is 2. The lowest BCUT2D eigenvalue weighted by Crippen LogP contribution is -2.37. The maximum atomic E-state index is 12.1. The van der Waals surface area contributed by atoms with E-state index in [9.17, 15) is 4.79 Å². The van der Waals surface area contributed by atoms with Gasteiger partial charge < -0.3 is 14.4 Å². The number of hydrogen-bond donors (Lipinski definition) is 1. The van der Waals surface area contributed by atoms with Gasteiger partial charge in [0.1, 0.15) is 0 Å². The van der Waals surface area contributed by atoms with Crippen molar-refractivity contribution in [1.29, 1.82) is 0 Å². The summed E-state index contributed by atoms with van der Waals surface area (Å²) < 4.78 is 12.0. The van der Waals surface area contributed by atoms with Gasteiger partial charge in [-0.1, -0.05) is 32.2 Å². The van der Waals surface area contributed by atoms with Gasteiger partial charge in [-0.25, -0.2) is 4.79 Å². The molecule has 0 unspecified atom stereocenters. The second-order valence-electron chi connectivity index (χ2n) is 4.77. The highest BCUT2D eigenvalue weighted by Crippen LogP contribution is 2.32. The minimum atomic E-state index is -0.0977. The molecule has 6 heteroatoms. The molecule has 20 heavy (non-hydrogen) atoms. The predicted molar refractivity (Wildman–Crippen MR) is 80.0 cm³/mol. The van der Waals surface area contributed by atoms with Crippen molar-refractivity contribution in [3.8, 4) is 11.5 Å². The van der Waals surface area contributed by atoms with E-state index in [0.717, 1.165) is 29.9 Å². The average molecular weight is 296 g/mol. The number of carbonyl (C=O) groups is 1. The van der Waals surface area contributed by atoms with Crippen molar-refractivity contribution in [2.24, 2.45) is 0 Å². The van der Waals surface area contributed by atoms with Crippen LogP contribution in [-0.2, 0) is 6.54 Å². The normalized spacial score (nSPS) is 12.3. The van der Waals surface area contributed by atoms with Crippen molar-refractivity contribution in [2.75, 3.05) is 20.4 Å². The predicted octanol–water partition coefficient (Wildman–Crippen LogP) is 2.91. The number of nitrogens with zero attached hydrogens (tertiary/aromatic N) is 2. The van der Waals surface area contributed by atoms with Crippen LogP contribution in [0.25, 0.3) is 0 Å². The first kappa shape index (κ1) is 14.8. The molecule has 0 N–H and O–H groups in total. The minimum Gasteiger partial charge on any atom is -0.454 e. The highest BCUT2D eigenvalue weighted by Gasteiger charge is 2.18. The third-order valence-corrected chi connectivity index (χ3v) is 3.31. The number of ether oxygens (including phenoxy) is 2. The lowest BCUT2D eigenvalue weighted by atomic mass is 10.2. The minimum absolute atomic E-state index is 0.0977. The number of benzene rings is 1. The van der Waals surface area contributed by atoms with Gasteiger partial charge in [-0.3, -0.25) is 4.31 Å². The molecule has 1 heterocycles. The molecular weight excluding hydrogens is 276 g/mol. The van der Waals surface area contributed by atoms with Gasteiger partial charge in [0.15, 0.2) is 11.5 Å². The molecule has 1 aromatic carbocycles. The monoisotopic (exact) mass is 296 g/mol. The van der Waals surface area contributed by atoms with Crippen LogP contribution in [0.4, 0.5) is 4.79 Å². The highest BCUT2D eigenvalue weighted by atomic mass is 32.1. The van der Waals surface area contributed by atoms with Crippen molar-refractivity contribution in [1.82, 2.24) is 9.21 Å². The van der Waals surface area contributed by atoms with Crippen LogP contribution in [0, 0.1) is 0 Å². The summed E-state index contributed by atoms with van der Waals surface area (Å²) in [6.45, 7) is 3.62. The molecular formula is C14H20N2O3S. The second kappa shape index (κ2) is 6.74. The zero-order valence-electron chi connectivity index (χ0n) is 11.8.